The van der Waals surface area contributed by atoms with E-state index in [9.17, 15) is 0 Å². The predicted octanol–water partition coefficient (Wildman–Crippen LogP) is 5.58. The Kier molecular flexibility index (Phi) is 5.53. The summed E-state index contributed by atoms with van der Waals surface area (Å²) in [6.07, 6.45) is 3.63. The molecule has 0 spiro atoms. The molecule has 0 unspecified atom stereocenters. The number of pyridine rings is 1. The molecule has 1 heterocycles. The molecule has 3 aromatic rings. The first kappa shape index (κ1) is 14.8. The SMILES string of the molecule is CC.c1ccc(N(c2ccccc2)c2ccncc2)cc1. The molecule has 2 aromatic carbocycles. The Balaban J connectivity index is 0.000000774. The van der Waals surface area contributed by atoms with E-state index in [2.05, 4.69) is 34.1 Å². The molecule has 1 aromatic heterocycles. The van der Waals surface area contributed by atoms with Crippen molar-refractivity contribution in [3.05, 3.63) is 85.2 Å². The molecule has 0 aliphatic rings. The Morgan fingerprint density at radius 3 is 1.38 bits per heavy atom. The van der Waals surface area contributed by atoms with E-state index in [1.165, 1.54) is 0 Å². The van der Waals surface area contributed by atoms with Crippen LogP contribution >= 0.6 is 0 Å². The van der Waals surface area contributed by atoms with Crippen molar-refractivity contribution in [2.75, 3.05) is 4.90 Å². The number of para-hydroxylation sites is 2. The second-order valence-corrected chi connectivity index (χ2v) is 4.21. The van der Waals surface area contributed by atoms with Crippen LogP contribution in [0.5, 0.6) is 0 Å². The number of hydrogen-bond donors (Lipinski definition) is 0. The third-order valence-corrected chi connectivity index (χ3v) is 2.95. The number of benzene rings is 2. The molecular formula is C19H20N2. The lowest BCUT2D eigenvalue weighted by atomic mass is 10.2. The van der Waals surface area contributed by atoms with Gasteiger partial charge in [0.2, 0.25) is 0 Å². The fraction of sp³-hybridized carbons (Fsp3) is 0.105. The average molecular weight is 276 g/mol. The topological polar surface area (TPSA) is 16.1 Å². The van der Waals surface area contributed by atoms with Crippen LogP contribution in [0.2, 0.25) is 0 Å². The van der Waals surface area contributed by atoms with Crippen LogP contribution in [0.3, 0.4) is 0 Å². The van der Waals surface area contributed by atoms with Gasteiger partial charge in [0, 0.05) is 29.5 Å². The normalized spacial score (nSPS) is 9.43. The van der Waals surface area contributed by atoms with Crippen LogP contribution in [-0.2, 0) is 0 Å². The Labute approximate surface area is 126 Å². The van der Waals surface area contributed by atoms with Gasteiger partial charge in [-0.1, -0.05) is 50.2 Å². The highest BCUT2D eigenvalue weighted by Gasteiger charge is 2.10. The zero-order valence-electron chi connectivity index (χ0n) is 12.5. The standard InChI is InChI=1S/C17H14N2.C2H6/c1-3-7-15(8-4-1)19(16-9-5-2-6-10-16)17-11-13-18-14-12-17;1-2/h1-14H;1-2H3. The minimum Gasteiger partial charge on any atom is -0.310 e. The summed E-state index contributed by atoms with van der Waals surface area (Å²) >= 11 is 0. The van der Waals surface area contributed by atoms with Gasteiger partial charge < -0.3 is 4.90 Å². The lowest BCUT2D eigenvalue weighted by Crippen LogP contribution is -2.09. The van der Waals surface area contributed by atoms with Gasteiger partial charge in [-0.05, 0) is 36.4 Å². The minimum absolute atomic E-state index is 1.10. The molecule has 21 heavy (non-hydrogen) atoms. The first-order chi connectivity index (χ1) is 10.4. The first-order valence-electron chi connectivity index (χ1n) is 7.25. The molecule has 0 aliphatic carbocycles. The molecule has 0 atom stereocenters. The third-order valence-electron chi connectivity index (χ3n) is 2.95. The van der Waals surface area contributed by atoms with Crippen LogP contribution in [0, 0.1) is 0 Å². The van der Waals surface area contributed by atoms with E-state index in [-0.39, 0.29) is 0 Å². The molecule has 0 amide bonds. The zero-order chi connectivity index (χ0) is 14.9. The van der Waals surface area contributed by atoms with Gasteiger partial charge in [-0.3, -0.25) is 4.98 Å². The molecular weight excluding hydrogens is 256 g/mol. The fourth-order valence-corrected chi connectivity index (χ4v) is 2.09. The number of nitrogens with zero attached hydrogens (tertiary/aromatic N) is 2. The van der Waals surface area contributed by atoms with Gasteiger partial charge in [0.15, 0.2) is 0 Å². The van der Waals surface area contributed by atoms with E-state index >= 15 is 0 Å². The summed E-state index contributed by atoms with van der Waals surface area (Å²) < 4.78 is 0. The van der Waals surface area contributed by atoms with E-state index in [0.29, 0.717) is 0 Å². The molecule has 0 saturated carbocycles. The summed E-state index contributed by atoms with van der Waals surface area (Å²) in [5.74, 6) is 0. The van der Waals surface area contributed by atoms with Crippen molar-refractivity contribution < 1.29 is 0 Å². The second-order valence-electron chi connectivity index (χ2n) is 4.21. The molecule has 2 heteroatoms. The Hall–Kier alpha value is -2.61. The quantitative estimate of drug-likeness (QED) is 0.621. The third kappa shape index (κ3) is 3.69. The molecule has 0 saturated heterocycles. The van der Waals surface area contributed by atoms with E-state index in [4.69, 9.17) is 0 Å². The van der Waals surface area contributed by atoms with Crippen LogP contribution in [0.4, 0.5) is 17.1 Å². The van der Waals surface area contributed by atoms with Crippen LogP contribution < -0.4 is 4.90 Å². The van der Waals surface area contributed by atoms with Gasteiger partial charge in [-0.25, -0.2) is 0 Å². The van der Waals surface area contributed by atoms with Crippen molar-refractivity contribution >= 4 is 17.1 Å². The summed E-state index contributed by atoms with van der Waals surface area (Å²) in [4.78, 5) is 6.30. The van der Waals surface area contributed by atoms with Gasteiger partial charge in [-0.2, -0.15) is 0 Å². The summed E-state index contributed by atoms with van der Waals surface area (Å²) in [5, 5.41) is 0. The highest BCUT2D eigenvalue weighted by atomic mass is 15.1. The van der Waals surface area contributed by atoms with Crippen LogP contribution in [0.1, 0.15) is 13.8 Å². The average Bonchev–Trinajstić information content (AvgIpc) is 2.60. The predicted molar refractivity (Wildman–Crippen MR) is 90.3 cm³/mol. The minimum atomic E-state index is 1.10. The van der Waals surface area contributed by atoms with Crippen molar-refractivity contribution in [3.8, 4) is 0 Å². The maximum absolute atomic E-state index is 4.09. The smallest absolute Gasteiger partial charge is 0.0492 e. The molecule has 0 fully saturated rings. The lowest BCUT2D eigenvalue weighted by Gasteiger charge is -2.24. The van der Waals surface area contributed by atoms with Crippen molar-refractivity contribution in [1.82, 2.24) is 4.98 Å². The zero-order valence-corrected chi connectivity index (χ0v) is 12.5. The van der Waals surface area contributed by atoms with E-state index in [1.807, 2.05) is 74.8 Å². The fourth-order valence-electron chi connectivity index (χ4n) is 2.09. The summed E-state index contributed by atoms with van der Waals surface area (Å²) in [6.45, 7) is 4.00. The van der Waals surface area contributed by atoms with Gasteiger partial charge in [0.05, 0.1) is 0 Å². The Bertz CT molecular complexity index is 528. The van der Waals surface area contributed by atoms with Crippen LogP contribution in [0.25, 0.3) is 0 Å². The van der Waals surface area contributed by atoms with Crippen molar-refractivity contribution in [2.24, 2.45) is 0 Å². The van der Waals surface area contributed by atoms with E-state index in [0.717, 1.165) is 17.1 Å². The number of anilines is 3. The first-order valence-corrected chi connectivity index (χ1v) is 7.25. The van der Waals surface area contributed by atoms with Crippen molar-refractivity contribution in [3.63, 3.8) is 0 Å². The number of aromatic nitrogens is 1. The molecule has 0 radical (unpaired) electrons. The molecule has 3 rings (SSSR count). The number of rotatable bonds is 3. The van der Waals surface area contributed by atoms with Gasteiger partial charge in [0.1, 0.15) is 0 Å². The van der Waals surface area contributed by atoms with Crippen LogP contribution in [0.15, 0.2) is 85.2 Å². The molecule has 0 aliphatic heterocycles. The summed E-state index contributed by atoms with van der Waals surface area (Å²) in [5.41, 5.74) is 3.38. The summed E-state index contributed by atoms with van der Waals surface area (Å²) in [7, 11) is 0. The van der Waals surface area contributed by atoms with Crippen molar-refractivity contribution in [1.29, 1.82) is 0 Å². The monoisotopic (exact) mass is 276 g/mol. The number of hydrogen-bond acceptors (Lipinski definition) is 2. The van der Waals surface area contributed by atoms with Gasteiger partial charge >= 0.3 is 0 Å². The van der Waals surface area contributed by atoms with E-state index in [1.54, 1.807) is 0 Å². The summed E-state index contributed by atoms with van der Waals surface area (Å²) in [6, 6.07) is 24.7. The largest absolute Gasteiger partial charge is 0.310 e. The molecule has 0 bridgehead atoms. The highest BCUT2D eigenvalue weighted by molar-refractivity contribution is 5.75. The maximum Gasteiger partial charge on any atom is 0.0492 e. The Morgan fingerprint density at radius 2 is 0.952 bits per heavy atom. The highest BCUT2D eigenvalue weighted by Crippen LogP contribution is 2.33. The van der Waals surface area contributed by atoms with Crippen molar-refractivity contribution in [2.45, 2.75) is 13.8 Å². The lowest BCUT2D eigenvalue weighted by molar-refractivity contribution is 1.24. The molecule has 106 valence electrons. The van der Waals surface area contributed by atoms with E-state index < -0.39 is 0 Å². The van der Waals surface area contributed by atoms with Crippen LogP contribution in [-0.4, -0.2) is 4.98 Å². The molecule has 0 N–H and O–H groups in total. The second kappa shape index (κ2) is 7.85. The van der Waals surface area contributed by atoms with Gasteiger partial charge in [0.25, 0.3) is 0 Å². The van der Waals surface area contributed by atoms with Gasteiger partial charge in [-0.15, -0.1) is 0 Å². The maximum atomic E-state index is 4.09. The Morgan fingerprint density at radius 1 is 0.571 bits per heavy atom. The molecule has 2 nitrogen and oxygen atoms in total.